The first-order valence-electron chi connectivity index (χ1n) is 14.0. The number of nitrogens with two attached hydrogens (primary N) is 2. The van der Waals surface area contributed by atoms with E-state index >= 15 is 4.39 Å². The van der Waals surface area contributed by atoms with Crippen molar-refractivity contribution in [2.75, 3.05) is 13.1 Å². The van der Waals surface area contributed by atoms with Crippen LogP contribution >= 0.6 is 23.2 Å². The highest BCUT2D eigenvalue weighted by Crippen LogP contribution is 2.56. The van der Waals surface area contributed by atoms with Crippen molar-refractivity contribution in [3.05, 3.63) is 69.5 Å². The van der Waals surface area contributed by atoms with Gasteiger partial charge in [-0.05, 0) is 79.5 Å². The van der Waals surface area contributed by atoms with Gasteiger partial charge in [0.2, 0.25) is 0 Å². The van der Waals surface area contributed by atoms with Crippen molar-refractivity contribution in [1.29, 1.82) is 0 Å². The van der Waals surface area contributed by atoms with Crippen molar-refractivity contribution >= 4 is 29.2 Å². The van der Waals surface area contributed by atoms with Gasteiger partial charge in [-0.3, -0.25) is 9.69 Å². The zero-order valence-electron chi connectivity index (χ0n) is 23.4. The number of hydrogen-bond donors (Lipinski definition) is 2. The van der Waals surface area contributed by atoms with E-state index in [0.717, 1.165) is 31.2 Å². The van der Waals surface area contributed by atoms with E-state index in [2.05, 4.69) is 25.7 Å². The van der Waals surface area contributed by atoms with Gasteiger partial charge in [-0.25, -0.2) is 4.39 Å². The first-order valence-corrected chi connectivity index (χ1v) is 14.8. The van der Waals surface area contributed by atoms with Gasteiger partial charge < -0.3 is 16.2 Å². The molecule has 5 nitrogen and oxygen atoms in total. The lowest BCUT2D eigenvalue weighted by Crippen LogP contribution is -2.51. The summed E-state index contributed by atoms with van der Waals surface area (Å²) in [6.45, 7) is 9.21. The van der Waals surface area contributed by atoms with Crippen LogP contribution in [0.25, 0.3) is 0 Å². The Kier molecular flexibility index (Phi) is 9.34. The fourth-order valence-electron chi connectivity index (χ4n) is 6.95. The summed E-state index contributed by atoms with van der Waals surface area (Å²) in [5.41, 5.74) is 13.1. The summed E-state index contributed by atoms with van der Waals surface area (Å²) < 4.78 is 22.2. The number of nitrogens with zero attached hydrogens (tertiary/aromatic N) is 1. The zero-order chi connectivity index (χ0) is 28.5. The van der Waals surface area contributed by atoms with Crippen molar-refractivity contribution < 1.29 is 13.9 Å². The van der Waals surface area contributed by atoms with Gasteiger partial charge in [0.1, 0.15) is 18.0 Å². The topological polar surface area (TPSA) is 81.6 Å². The van der Waals surface area contributed by atoms with Crippen LogP contribution in [0.5, 0.6) is 0 Å². The number of esters is 1. The molecule has 1 aliphatic heterocycles. The molecule has 214 valence electrons. The number of ether oxygens (including phenoxy) is 1. The minimum Gasteiger partial charge on any atom is -0.461 e. The quantitative estimate of drug-likeness (QED) is 0.370. The van der Waals surface area contributed by atoms with Gasteiger partial charge in [-0.1, -0.05) is 69.1 Å². The van der Waals surface area contributed by atoms with Crippen LogP contribution in [0.1, 0.15) is 76.8 Å². The highest BCUT2D eigenvalue weighted by atomic mass is 35.5. The van der Waals surface area contributed by atoms with E-state index in [4.69, 9.17) is 39.4 Å². The van der Waals surface area contributed by atoms with Crippen molar-refractivity contribution in [2.45, 2.75) is 95.4 Å². The van der Waals surface area contributed by atoms with Crippen LogP contribution in [-0.4, -0.2) is 48.2 Å². The standard InChI is InChI=1S/C31H42Cl2FN3O2/c1-5-37-26(17-30(2,3)4)31(18-35,24-14-9-21(33)16-25(24)34)27(19-7-6-8-20(32)15-19)28(37)29(38)39-23-12-10-22(36)11-13-23/h6-9,14-16,22-23,26-28H,5,10-13,17-18,35-36H2,1-4H3/t22?,23?,26-,27-,28+,31-/m0/s1. The fraction of sp³-hybridized carbons (Fsp3) is 0.581. The van der Waals surface area contributed by atoms with Crippen LogP contribution in [-0.2, 0) is 14.9 Å². The average molecular weight is 579 g/mol. The van der Waals surface area contributed by atoms with Crippen molar-refractivity contribution in [3.8, 4) is 0 Å². The molecular formula is C31H42Cl2FN3O2. The van der Waals surface area contributed by atoms with Gasteiger partial charge in [-0.2, -0.15) is 0 Å². The van der Waals surface area contributed by atoms with E-state index in [1.807, 2.05) is 25.1 Å². The molecule has 1 saturated carbocycles. The summed E-state index contributed by atoms with van der Waals surface area (Å²) in [7, 11) is 0. The number of carbonyl (C=O) groups excluding carboxylic acids is 1. The molecule has 0 bridgehead atoms. The SMILES string of the molecule is CCN1[C@@H](CC(C)(C)C)[C@](CN)(c2ccc(Cl)cc2F)[C@@H](c2cccc(Cl)c2)[C@@H]1C(=O)OC1CCC(N)CC1. The second-order valence-electron chi connectivity index (χ2n) is 12.4. The van der Waals surface area contributed by atoms with Gasteiger partial charge in [0.25, 0.3) is 0 Å². The van der Waals surface area contributed by atoms with Gasteiger partial charge in [0, 0.05) is 40.0 Å². The van der Waals surface area contributed by atoms with Crippen LogP contribution in [0.4, 0.5) is 4.39 Å². The molecule has 0 radical (unpaired) electrons. The number of hydrogen-bond acceptors (Lipinski definition) is 5. The van der Waals surface area contributed by atoms with E-state index in [1.54, 1.807) is 18.2 Å². The predicted octanol–water partition coefficient (Wildman–Crippen LogP) is 6.43. The smallest absolute Gasteiger partial charge is 0.324 e. The Morgan fingerprint density at radius 2 is 1.77 bits per heavy atom. The van der Waals surface area contributed by atoms with E-state index in [9.17, 15) is 4.79 Å². The molecule has 0 spiro atoms. The van der Waals surface area contributed by atoms with Gasteiger partial charge in [0.05, 0.1) is 0 Å². The second-order valence-corrected chi connectivity index (χ2v) is 13.3. The molecule has 4 rings (SSSR count). The van der Waals surface area contributed by atoms with Crippen molar-refractivity contribution in [3.63, 3.8) is 0 Å². The van der Waals surface area contributed by atoms with Crippen LogP contribution in [0.2, 0.25) is 10.0 Å². The molecule has 2 aliphatic rings. The summed E-state index contributed by atoms with van der Waals surface area (Å²) in [5, 5.41) is 0.859. The largest absolute Gasteiger partial charge is 0.461 e. The van der Waals surface area contributed by atoms with E-state index in [0.29, 0.717) is 28.6 Å². The number of carbonyl (C=O) groups is 1. The number of likely N-dealkylation sites (N-methyl/N-ethyl adjacent to an activating group) is 1. The first kappa shape index (κ1) is 30.3. The molecule has 4 N–H and O–H groups in total. The minimum atomic E-state index is -0.943. The van der Waals surface area contributed by atoms with Crippen molar-refractivity contribution in [1.82, 2.24) is 4.90 Å². The summed E-state index contributed by atoms with van der Waals surface area (Å²) in [6.07, 6.45) is 3.65. The highest BCUT2D eigenvalue weighted by Gasteiger charge is 2.63. The molecule has 4 atom stereocenters. The molecule has 1 heterocycles. The highest BCUT2D eigenvalue weighted by molar-refractivity contribution is 6.30. The fourth-order valence-corrected chi connectivity index (χ4v) is 7.30. The Hall–Kier alpha value is -1.70. The Morgan fingerprint density at radius 1 is 1.10 bits per heavy atom. The number of benzene rings is 2. The average Bonchev–Trinajstić information content (AvgIpc) is 3.14. The summed E-state index contributed by atoms with van der Waals surface area (Å²) in [5.74, 6) is -1.22. The van der Waals surface area contributed by atoms with Crippen LogP contribution in [0.15, 0.2) is 42.5 Å². The third-order valence-electron chi connectivity index (χ3n) is 8.62. The van der Waals surface area contributed by atoms with Gasteiger partial charge in [0.15, 0.2) is 0 Å². The minimum absolute atomic E-state index is 0.126. The lowest BCUT2D eigenvalue weighted by atomic mass is 9.62. The van der Waals surface area contributed by atoms with Gasteiger partial charge in [-0.15, -0.1) is 0 Å². The number of halogens is 3. The normalized spacial score (nSPS) is 29.9. The molecular weight excluding hydrogens is 536 g/mol. The molecule has 2 aromatic carbocycles. The lowest BCUT2D eigenvalue weighted by molar-refractivity contribution is -0.157. The molecule has 1 aliphatic carbocycles. The molecule has 0 amide bonds. The number of likely N-dealkylation sites (tertiary alicyclic amines) is 1. The Balaban J connectivity index is 1.93. The third-order valence-corrected chi connectivity index (χ3v) is 9.09. The van der Waals surface area contributed by atoms with Crippen LogP contribution in [0, 0.1) is 11.2 Å². The zero-order valence-corrected chi connectivity index (χ0v) is 24.9. The molecule has 39 heavy (non-hydrogen) atoms. The maximum Gasteiger partial charge on any atom is 0.324 e. The molecule has 2 fully saturated rings. The first-order chi connectivity index (χ1) is 18.4. The van der Waals surface area contributed by atoms with E-state index < -0.39 is 23.2 Å². The molecule has 0 aromatic heterocycles. The molecule has 2 aromatic rings. The number of rotatable bonds is 7. The Labute approximate surface area is 242 Å². The molecule has 0 unspecified atom stereocenters. The predicted molar refractivity (Wildman–Crippen MR) is 157 cm³/mol. The van der Waals surface area contributed by atoms with Crippen LogP contribution < -0.4 is 11.5 Å². The Bertz CT molecular complexity index is 1160. The second kappa shape index (κ2) is 12.0. The third kappa shape index (κ3) is 6.15. The Morgan fingerprint density at radius 3 is 2.33 bits per heavy atom. The summed E-state index contributed by atoms with van der Waals surface area (Å²) in [6, 6.07) is 11.5. The lowest BCUT2D eigenvalue weighted by Gasteiger charge is -2.43. The molecule has 1 saturated heterocycles. The maximum absolute atomic E-state index is 16.0. The molecule has 8 heteroatoms. The summed E-state index contributed by atoms with van der Waals surface area (Å²) >= 11 is 12.7. The van der Waals surface area contributed by atoms with Crippen molar-refractivity contribution in [2.24, 2.45) is 16.9 Å². The summed E-state index contributed by atoms with van der Waals surface area (Å²) in [4.78, 5) is 16.4. The monoisotopic (exact) mass is 577 g/mol. The van der Waals surface area contributed by atoms with Gasteiger partial charge >= 0.3 is 5.97 Å². The van der Waals surface area contributed by atoms with E-state index in [1.165, 1.54) is 6.07 Å². The van der Waals surface area contributed by atoms with Crippen LogP contribution in [0.3, 0.4) is 0 Å². The van der Waals surface area contributed by atoms with E-state index in [-0.39, 0.29) is 36.1 Å². The maximum atomic E-state index is 16.0.